The first-order valence-corrected chi connectivity index (χ1v) is 6.24. The Bertz CT molecular complexity index is 464. The van der Waals surface area contributed by atoms with Crippen LogP contribution in [0.4, 0.5) is 0 Å². The van der Waals surface area contributed by atoms with E-state index in [9.17, 15) is 14.4 Å². The van der Waals surface area contributed by atoms with Crippen LogP contribution in [0.15, 0.2) is 16.9 Å². The second kappa shape index (κ2) is 8.02. The van der Waals surface area contributed by atoms with Gasteiger partial charge in [0.2, 0.25) is 5.91 Å². The second-order valence-corrected chi connectivity index (χ2v) is 4.02. The highest BCUT2D eigenvalue weighted by Gasteiger charge is 2.06. The van der Waals surface area contributed by atoms with Gasteiger partial charge in [-0.3, -0.25) is 14.4 Å². The van der Waals surface area contributed by atoms with Crippen LogP contribution in [0.1, 0.15) is 36.7 Å². The first kappa shape index (κ1) is 14.9. The van der Waals surface area contributed by atoms with Gasteiger partial charge in [0.15, 0.2) is 0 Å². The van der Waals surface area contributed by atoms with Gasteiger partial charge in [0.25, 0.3) is 11.5 Å². The molecule has 0 fully saturated rings. The average Bonchev–Trinajstić information content (AvgIpc) is 2.41. The van der Waals surface area contributed by atoms with E-state index in [0.717, 1.165) is 12.8 Å². The molecule has 1 rings (SSSR count). The van der Waals surface area contributed by atoms with E-state index in [1.807, 2.05) is 6.92 Å². The Labute approximate surface area is 110 Å². The first-order chi connectivity index (χ1) is 9.13. The lowest BCUT2D eigenvalue weighted by Gasteiger charge is -2.06. The largest absolute Gasteiger partial charge is 0.354 e. The van der Waals surface area contributed by atoms with E-state index in [1.165, 1.54) is 12.1 Å². The van der Waals surface area contributed by atoms with E-state index in [2.05, 4.69) is 20.8 Å². The predicted octanol–water partition coefficient (Wildman–Crippen LogP) is -0.194. The van der Waals surface area contributed by atoms with Gasteiger partial charge in [0.1, 0.15) is 5.69 Å². The number of amides is 2. The van der Waals surface area contributed by atoms with Crippen molar-refractivity contribution in [2.45, 2.75) is 26.2 Å². The third-order valence-electron chi connectivity index (χ3n) is 2.40. The van der Waals surface area contributed by atoms with Crippen molar-refractivity contribution < 1.29 is 9.59 Å². The number of carbonyl (C=O) groups is 2. The van der Waals surface area contributed by atoms with E-state index in [4.69, 9.17) is 0 Å². The Morgan fingerprint density at radius 1 is 1.26 bits per heavy atom. The highest BCUT2D eigenvalue weighted by Crippen LogP contribution is 1.92. The fourth-order valence-corrected chi connectivity index (χ4v) is 1.37. The molecule has 3 N–H and O–H groups in total. The van der Waals surface area contributed by atoms with Crippen LogP contribution in [0.25, 0.3) is 0 Å². The van der Waals surface area contributed by atoms with Crippen molar-refractivity contribution >= 4 is 11.8 Å². The molecule has 7 heteroatoms. The van der Waals surface area contributed by atoms with Crippen LogP contribution < -0.4 is 16.2 Å². The van der Waals surface area contributed by atoms with Crippen molar-refractivity contribution in [1.29, 1.82) is 0 Å². The van der Waals surface area contributed by atoms with Crippen LogP contribution in [0, 0.1) is 0 Å². The number of hydrogen-bond acceptors (Lipinski definition) is 4. The SMILES string of the molecule is CCCCC(=O)NCCNC(=O)c1ccc(=O)[nH]n1. The molecule has 104 valence electrons. The van der Waals surface area contributed by atoms with Gasteiger partial charge >= 0.3 is 0 Å². The molecule has 1 aromatic heterocycles. The summed E-state index contributed by atoms with van der Waals surface area (Å²) in [6.07, 6.45) is 2.34. The van der Waals surface area contributed by atoms with Gasteiger partial charge < -0.3 is 10.6 Å². The Kier molecular flexibility index (Phi) is 6.28. The van der Waals surface area contributed by atoms with Crippen molar-refractivity contribution in [2.75, 3.05) is 13.1 Å². The van der Waals surface area contributed by atoms with Crippen molar-refractivity contribution in [3.8, 4) is 0 Å². The Morgan fingerprint density at radius 2 is 2.00 bits per heavy atom. The van der Waals surface area contributed by atoms with Crippen LogP contribution in [0.5, 0.6) is 0 Å². The highest BCUT2D eigenvalue weighted by molar-refractivity contribution is 5.91. The topological polar surface area (TPSA) is 104 Å². The number of aromatic nitrogens is 2. The summed E-state index contributed by atoms with van der Waals surface area (Å²) in [5.41, 5.74) is -0.225. The van der Waals surface area contributed by atoms with E-state index < -0.39 is 0 Å². The summed E-state index contributed by atoms with van der Waals surface area (Å²) in [4.78, 5) is 33.6. The van der Waals surface area contributed by atoms with Gasteiger partial charge in [-0.05, 0) is 12.5 Å². The zero-order valence-electron chi connectivity index (χ0n) is 10.9. The molecule has 1 aromatic rings. The molecular weight excluding hydrogens is 248 g/mol. The summed E-state index contributed by atoms with van der Waals surface area (Å²) >= 11 is 0. The molecule has 0 atom stereocenters. The third-order valence-corrected chi connectivity index (χ3v) is 2.40. The Morgan fingerprint density at radius 3 is 2.63 bits per heavy atom. The van der Waals surface area contributed by atoms with Crippen LogP contribution in [-0.4, -0.2) is 35.1 Å². The highest BCUT2D eigenvalue weighted by atomic mass is 16.2. The molecule has 0 aliphatic rings. The lowest BCUT2D eigenvalue weighted by Crippen LogP contribution is -2.35. The number of hydrogen-bond donors (Lipinski definition) is 3. The fourth-order valence-electron chi connectivity index (χ4n) is 1.37. The molecule has 0 saturated heterocycles. The minimum Gasteiger partial charge on any atom is -0.354 e. The number of nitrogens with zero attached hydrogens (tertiary/aromatic N) is 1. The molecule has 0 bridgehead atoms. The summed E-state index contributed by atoms with van der Waals surface area (Å²) in [5, 5.41) is 11.1. The normalized spacial score (nSPS) is 9.95. The maximum Gasteiger partial charge on any atom is 0.271 e. The van der Waals surface area contributed by atoms with Crippen LogP contribution in [-0.2, 0) is 4.79 Å². The van der Waals surface area contributed by atoms with Crippen molar-refractivity contribution in [1.82, 2.24) is 20.8 Å². The van der Waals surface area contributed by atoms with Gasteiger partial charge in [0, 0.05) is 25.6 Å². The maximum absolute atomic E-state index is 11.6. The molecule has 2 amide bonds. The van der Waals surface area contributed by atoms with Gasteiger partial charge in [-0.1, -0.05) is 13.3 Å². The average molecular weight is 266 g/mol. The summed E-state index contributed by atoms with van der Waals surface area (Å²) in [6, 6.07) is 2.57. The van der Waals surface area contributed by atoms with Crippen LogP contribution in [0.3, 0.4) is 0 Å². The minimum atomic E-state index is -0.390. The number of carbonyl (C=O) groups excluding carboxylic acids is 2. The predicted molar refractivity (Wildman–Crippen MR) is 69.7 cm³/mol. The summed E-state index contributed by atoms with van der Waals surface area (Å²) < 4.78 is 0. The van der Waals surface area contributed by atoms with E-state index in [-0.39, 0.29) is 23.1 Å². The standard InChI is InChI=1S/C12H18N4O3/c1-2-3-4-10(17)13-7-8-14-12(19)9-5-6-11(18)16-15-9/h5-6H,2-4,7-8H2,1H3,(H,13,17)(H,14,19)(H,16,18). The zero-order valence-corrected chi connectivity index (χ0v) is 10.9. The zero-order chi connectivity index (χ0) is 14.1. The number of aromatic amines is 1. The van der Waals surface area contributed by atoms with Gasteiger partial charge in [-0.15, -0.1) is 0 Å². The number of rotatable bonds is 7. The number of nitrogens with one attached hydrogen (secondary N) is 3. The molecule has 0 radical (unpaired) electrons. The van der Waals surface area contributed by atoms with E-state index in [0.29, 0.717) is 19.5 Å². The molecule has 7 nitrogen and oxygen atoms in total. The second-order valence-electron chi connectivity index (χ2n) is 4.02. The third kappa shape index (κ3) is 5.80. The quantitative estimate of drug-likeness (QED) is 0.595. The molecule has 0 spiro atoms. The summed E-state index contributed by atoms with van der Waals surface area (Å²) in [6.45, 7) is 2.71. The fraction of sp³-hybridized carbons (Fsp3) is 0.500. The molecule has 0 aliphatic carbocycles. The van der Waals surface area contributed by atoms with Crippen LogP contribution in [0.2, 0.25) is 0 Å². The molecule has 0 aromatic carbocycles. The lowest BCUT2D eigenvalue weighted by atomic mass is 10.2. The first-order valence-electron chi connectivity index (χ1n) is 6.24. The van der Waals surface area contributed by atoms with E-state index >= 15 is 0 Å². The van der Waals surface area contributed by atoms with Crippen molar-refractivity contribution in [3.05, 3.63) is 28.2 Å². The van der Waals surface area contributed by atoms with Gasteiger partial charge in [-0.2, -0.15) is 5.10 Å². The van der Waals surface area contributed by atoms with Gasteiger partial charge in [-0.25, -0.2) is 5.10 Å². The molecule has 19 heavy (non-hydrogen) atoms. The summed E-state index contributed by atoms with van der Waals surface area (Å²) in [7, 11) is 0. The van der Waals surface area contributed by atoms with Crippen molar-refractivity contribution in [3.63, 3.8) is 0 Å². The molecular formula is C12H18N4O3. The van der Waals surface area contributed by atoms with E-state index in [1.54, 1.807) is 0 Å². The number of H-pyrrole nitrogens is 1. The van der Waals surface area contributed by atoms with Crippen LogP contribution >= 0.6 is 0 Å². The molecule has 1 heterocycles. The minimum absolute atomic E-state index is 0.0155. The monoisotopic (exact) mass is 266 g/mol. The molecule has 0 unspecified atom stereocenters. The summed E-state index contributed by atoms with van der Waals surface area (Å²) in [5.74, 6) is -0.405. The number of unbranched alkanes of at least 4 members (excludes halogenated alkanes) is 1. The Balaban J connectivity index is 2.22. The van der Waals surface area contributed by atoms with Gasteiger partial charge in [0.05, 0.1) is 0 Å². The van der Waals surface area contributed by atoms with Crippen molar-refractivity contribution in [2.24, 2.45) is 0 Å². The maximum atomic E-state index is 11.6. The molecule has 0 aliphatic heterocycles. The Hall–Kier alpha value is -2.18. The smallest absolute Gasteiger partial charge is 0.271 e. The molecule has 0 saturated carbocycles. The lowest BCUT2D eigenvalue weighted by molar-refractivity contribution is -0.121.